The molecule has 0 radical (unpaired) electrons. The zero-order valence-corrected chi connectivity index (χ0v) is 10.5. The van der Waals surface area contributed by atoms with Gasteiger partial charge in [0.2, 0.25) is 0 Å². The molecule has 1 amide bonds. The molecule has 1 aromatic carbocycles. The summed E-state index contributed by atoms with van der Waals surface area (Å²) in [5.41, 5.74) is -0.0701. The summed E-state index contributed by atoms with van der Waals surface area (Å²) in [7, 11) is 0. The second kappa shape index (κ2) is 5.38. The standard InChI is InChI=1S/C14H16FNO3/c15-11-4-1-3-10(7-11)13(19)16-9-14(5-2-6-14)8-12(17)18/h1,3-4,7H,2,5-6,8-9H2,(H,16,19)(H,17,18). The SMILES string of the molecule is O=C(O)CC1(CNC(=O)c2cccc(F)c2)CCC1. The van der Waals surface area contributed by atoms with Gasteiger partial charge in [0.25, 0.3) is 5.91 Å². The lowest BCUT2D eigenvalue weighted by molar-refractivity contribution is -0.141. The first-order chi connectivity index (χ1) is 9.01. The van der Waals surface area contributed by atoms with E-state index in [-0.39, 0.29) is 23.3 Å². The molecule has 0 unspecified atom stereocenters. The minimum Gasteiger partial charge on any atom is -0.481 e. The number of hydrogen-bond acceptors (Lipinski definition) is 2. The molecular formula is C14H16FNO3. The van der Waals surface area contributed by atoms with Crippen molar-refractivity contribution in [2.75, 3.05) is 6.54 Å². The Bertz CT molecular complexity index is 497. The summed E-state index contributed by atoms with van der Waals surface area (Å²) in [5.74, 6) is -1.67. The largest absolute Gasteiger partial charge is 0.481 e. The Morgan fingerprint density at radius 1 is 1.37 bits per heavy atom. The lowest BCUT2D eigenvalue weighted by Crippen LogP contribution is -2.43. The van der Waals surface area contributed by atoms with Gasteiger partial charge in [0.05, 0.1) is 6.42 Å². The highest BCUT2D eigenvalue weighted by Gasteiger charge is 2.39. The van der Waals surface area contributed by atoms with Crippen molar-refractivity contribution in [3.8, 4) is 0 Å². The molecule has 0 heterocycles. The Hall–Kier alpha value is -1.91. The summed E-state index contributed by atoms with van der Waals surface area (Å²) in [4.78, 5) is 22.6. The highest BCUT2D eigenvalue weighted by atomic mass is 19.1. The molecule has 0 aliphatic heterocycles. The molecule has 1 aromatic rings. The van der Waals surface area contributed by atoms with Crippen molar-refractivity contribution in [1.29, 1.82) is 0 Å². The fourth-order valence-corrected chi connectivity index (χ4v) is 2.41. The summed E-state index contributed by atoms with van der Waals surface area (Å²) in [6.07, 6.45) is 2.67. The Kier molecular flexibility index (Phi) is 3.83. The minimum absolute atomic E-state index is 0.0659. The first-order valence-electron chi connectivity index (χ1n) is 6.26. The molecule has 5 heteroatoms. The fraction of sp³-hybridized carbons (Fsp3) is 0.429. The normalized spacial score (nSPS) is 16.5. The third-order valence-electron chi connectivity index (χ3n) is 3.65. The molecule has 1 saturated carbocycles. The maximum absolute atomic E-state index is 13.0. The van der Waals surface area contributed by atoms with Crippen LogP contribution in [0.2, 0.25) is 0 Å². The van der Waals surface area contributed by atoms with Crippen molar-refractivity contribution in [3.05, 3.63) is 35.6 Å². The van der Waals surface area contributed by atoms with Gasteiger partial charge in [-0.05, 0) is 36.5 Å². The van der Waals surface area contributed by atoms with Gasteiger partial charge in [0.15, 0.2) is 0 Å². The van der Waals surface area contributed by atoms with Gasteiger partial charge in [-0.15, -0.1) is 0 Å². The van der Waals surface area contributed by atoms with Crippen molar-refractivity contribution < 1.29 is 19.1 Å². The molecule has 0 aromatic heterocycles. The Morgan fingerprint density at radius 2 is 2.11 bits per heavy atom. The molecule has 1 fully saturated rings. The Morgan fingerprint density at radius 3 is 2.63 bits per heavy atom. The number of carboxylic acid groups (broad SMARTS) is 1. The topological polar surface area (TPSA) is 66.4 Å². The van der Waals surface area contributed by atoms with Gasteiger partial charge < -0.3 is 10.4 Å². The van der Waals surface area contributed by atoms with Crippen LogP contribution in [-0.2, 0) is 4.79 Å². The van der Waals surface area contributed by atoms with E-state index in [1.54, 1.807) is 0 Å². The van der Waals surface area contributed by atoms with Crippen LogP contribution in [0.4, 0.5) is 4.39 Å². The molecule has 102 valence electrons. The number of carbonyl (C=O) groups is 2. The van der Waals surface area contributed by atoms with Gasteiger partial charge in [-0.2, -0.15) is 0 Å². The maximum atomic E-state index is 13.0. The molecule has 2 rings (SSSR count). The highest BCUT2D eigenvalue weighted by Crippen LogP contribution is 2.43. The van der Waals surface area contributed by atoms with E-state index in [2.05, 4.69) is 5.32 Å². The molecule has 0 saturated heterocycles. The summed E-state index contributed by atoms with van der Waals surface area (Å²) in [6, 6.07) is 5.44. The molecule has 2 N–H and O–H groups in total. The lowest BCUT2D eigenvalue weighted by Gasteiger charge is -2.40. The number of carboxylic acids is 1. The number of carbonyl (C=O) groups excluding carboxylic acids is 1. The van der Waals surface area contributed by atoms with Gasteiger partial charge in [-0.25, -0.2) is 4.39 Å². The van der Waals surface area contributed by atoms with Crippen LogP contribution >= 0.6 is 0 Å². The van der Waals surface area contributed by atoms with Crippen LogP contribution in [0.3, 0.4) is 0 Å². The van der Waals surface area contributed by atoms with Crippen LogP contribution < -0.4 is 5.32 Å². The van der Waals surface area contributed by atoms with E-state index < -0.39 is 11.8 Å². The van der Waals surface area contributed by atoms with E-state index >= 15 is 0 Å². The first kappa shape index (κ1) is 13.5. The van der Waals surface area contributed by atoms with Gasteiger partial charge in [-0.1, -0.05) is 12.5 Å². The van der Waals surface area contributed by atoms with Crippen LogP contribution in [0.15, 0.2) is 24.3 Å². The monoisotopic (exact) mass is 265 g/mol. The third-order valence-corrected chi connectivity index (χ3v) is 3.65. The zero-order valence-electron chi connectivity index (χ0n) is 10.5. The lowest BCUT2D eigenvalue weighted by atomic mass is 9.66. The van der Waals surface area contributed by atoms with Crippen LogP contribution in [0.25, 0.3) is 0 Å². The molecule has 0 spiro atoms. The first-order valence-corrected chi connectivity index (χ1v) is 6.26. The van der Waals surface area contributed by atoms with E-state index in [4.69, 9.17) is 5.11 Å². The quantitative estimate of drug-likeness (QED) is 0.857. The van der Waals surface area contributed by atoms with Crippen molar-refractivity contribution >= 4 is 11.9 Å². The van der Waals surface area contributed by atoms with E-state index in [0.29, 0.717) is 6.54 Å². The van der Waals surface area contributed by atoms with Gasteiger partial charge in [0, 0.05) is 12.1 Å². The molecule has 4 nitrogen and oxygen atoms in total. The second-order valence-corrected chi connectivity index (χ2v) is 5.12. The predicted octanol–water partition coefficient (Wildman–Crippen LogP) is 2.20. The molecule has 1 aliphatic rings. The average Bonchev–Trinajstić information content (AvgIpc) is 2.31. The molecule has 0 bridgehead atoms. The third kappa shape index (κ3) is 3.30. The van der Waals surface area contributed by atoms with Crippen molar-refractivity contribution in [3.63, 3.8) is 0 Å². The summed E-state index contributed by atoms with van der Waals surface area (Å²) in [5, 5.41) is 11.6. The summed E-state index contributed by atoms with van der Waals surface area (Å²) >= 11 is 0. The Labute approximate surface area is 110 Å². The number of rotatable bonds is 5. The van der Waals surface area contributed by atoms with Crippen molar-refractivity contribution in [2.24, 2.45) is 5.41 Å². The zero-order chi connectivity index (χ0) is 13.9. The van der Waals surface area contributed by atoms with Crippen molar-refractivity contribution in [1.82, 2.24) is 5.32 Å². The average molecular weight is 265 g/mol. The highest BCUT2D eigenvalue weighted by molar-refractivity contribution is 5.94. The van der Waals surface area contributed by atoms with E-state index in [1.165, 1.54) is 24.3 Å². The van der Waals surface area contributed by atoms with Gasteiger partial charge in [0.1, 0.15) is 5.82 Å². The predicted molar refractivity (Wildman–Crippen MR) is 67.3 cm³/mol. The number of nitrogens with one attached hydrogen (secondary N) is 1. The molecule has 1 aliphatic carbocycles. The number of aliphatic carboxylic acids is 1. The van der Waals surface area contributed by atoms with Crippen LogP contribution in [-0.4, -0.2) is 23.5 Å². The van der Waals surface area contributed by atoms with E-state index in [0.717, 1.165) is 19.3 Å². The summed E-state index contributed by atoms with van der Waals surface area (Å²) < 4.78 is 13.0. The van der Waals surface area contributed by atoms with E-state index in [1.807, 2.05) is 0 Å². The number of benzene rings is 1. The molecular weight excluding hydrogens is 249 g/mol. The van der Waals surface area contributed by atoms with Crippen LogP contribution in [0.5, 0.6) is 0 Å². The smallest absolute Gasteiger partial charge is 0.303 e. The summed E-state index contributed by atoms with van der Waals surface area (Å²) in [6.45, 7) is 0.328. The van der Waals surface area contributed by atoms with Gasteiger partial charge >= 0.3 is 5.97 Å². The maximum Gasteiger partial charge on any atom is 0.303 e. The van der Waals surface area contributed by atoms with Crippen LogP contribution in [0.1, 0.15) is 36.0 Å². The van der Waals surface area contributed by atoms with E-state index in [9.17, 15) is 14.0 Å². The minimum atomic E-state index is -0.847. The second-order valence-electron chi connectivity index (χ2n) is 5.12. The number of hydrogen-bond donors (Lipinski definition) is 2. The fourth-order valence-electron chi connectivity index (χ4n) is 2.41. The Balaban J connectivity index is 1.94. The number of halogens is 1. The van der Waals surface area contributed by atoms with Crippen LogP contribution in [0, 0.1) is 11.2 Å². The molecule has 0 atom stereocenters. The number of amides is 1. The van der Waals surface area contributed by atoms with Gasteiger partial charge in [-0.3, -0.25) is 9.59 Å². The molecule has 19 heavy (non-hydrogen) atoms. The van der Waals surface area contributed by atoms with Crippen molar-refractivity contribution in [2.45, 2.75) is 25.7 Å².